The summed E-state index contributed by atoms with van der Waals surface area (Å²) in [7, 11) is 0. The molecule has 1 aromatic rings. The van der Waals surface area contributed by atoms with Crippen molar-refractivity contribution in [3.05, 3.63) is 35.9 Å². The lowest BCUT2D eigenvalue weighted by molar-refractivity contribution is -0.123. The number of piperidine rings is 1. The Balaban J connectivity index is 1.81. The van der Waals surface area contributed by atoms with E-state index in [1.807, 2.05) is 30.3 Å². The molecule has 1 aliphatic heterocycles. The van der Waals surface area contributed by atoms with Gasteiger partial charge < -0.3 is 10.4 Å². The average Bonchev–Trinajstić information content (AvgIpc) is 2.54. The molecule has 0 saturated carbocycles. The molecule has 2 N–H and O–H groups in total. The van der Waals surface area contributed by atoms with Crippen molar-refractivity contribution in [2.75, 3.05) is 19.6 Å². The fourth-order valence-electron chi connectivity index (χ4n) is 3.21. The van der Waals surface area contributed by atoms with Crippen LogP contribution in [0, 0.1) is 5.92 Å². The molecule has 2 rings (SSSR count). The third-order valence-corrected chi connectivity index (χ3v) is 4.79. The van der Waals surface area contributed by atoms with Crippen molar-refractivity contribution in [3.63, 3.8) is 0 Å². The van der Waals surface area contributed by atoms with E-state index in [0.717, 1.165) is 24.6 Å². The molecule has 4 heteroatoms. The Kier molecular flexibility index (Phi) is 6.19. The van der Waals surface area contributed by atoms with Crippen molar-refractivity contribution in [1.82, 2.24) is 10.2 Å². The second kappa shape index (κ2) is 7.93. The van der Waals surface area contributed by atoms with Crippen LogP contribution < -0.4 is 5.32 Å². The molecule has 128 valence electrons. The SMILES string of the molecule is CC1CCCN(C(C)(C)CNC(=O)CC(O)c2ccccc2)C1. The molecule has 1 fully saturated rings. The van der Waals surface area contributed by atoms with Gasteiger partial charge in [-0.25, -0.2) is 0 Å². The predicted octanol–water partition coefficient (Wildman–Crippen LogP) is 2.74. The standard InChI is InChI=1S/C19H30N2O2/c1-15-8-7-11-21(13-15)19(2,3)14-20-18(23)12-17(22)16-9-5-4-6-10-16/h4-6,9-10,15,17,22H,7-8,11-14H2,1-3H3,(H,20,23). The highest BCUT2D eigenvalue weighted by atomic mass is 16.3. The van der Waals surface area contributed by atoms with Gasteiger partial charge in [-0.2, -0.15) is 0 Å². The van der Waals surface area contributed by atoms with Crippen LogP contribution in [0.15, 0.2) is 30.3 Å². The first-order valence-electron chi connectivity index (χ1n) is 8.63. The number of likely N-dealkylation sites (tertiary alicyclic amines) is 1. The lowest BCUT2D eigenvalue weighted by Gasteiger charge is -2.43. The fourth-order valence-corrected chi connectivity index (χ4v) is 3.21. The summed E-state index contributed by atoms with van der Waals surface area (Å²) in [5.74, 6) is 0.623. The number of aliphatic hydroxyl groups excluding tert-OH is 1. The summed E-state index contributed by atoms with van der Waals surface area (Å²) in [4.78, 5) is 14.6. The Bertz CT molecular complexity index is 501. The molecule has 0 aromatic heterocycles. The van der Waals surface area contributed by atoms with Gasteiger partial charge in [-0.05, 0) is 44.7 Å². The Morgan fingerprint density at radius 2 is 2.09 bits per heavy atom. The maximum atomic E-state index is 12.1. The van der Waals surface area contributed by atoms with Crippen molar-refractivity contribution in [2.45, 2.75) is 51.7 Å². The Hall–Kier alpha value is -1.39. The van der Waals surface area contributed by atoms with Gasteiger partial charge in [0.1, 0.15) is 0 Å². The molecule has 0 bridgehead atoms. The molecule has 1 aliphatic rings. The van der Waals surface area contributed by atoms with Crippen LogP contribution in [0.25, 0.3) is 0 Å². The van der Waals surface area contributed by atoms with Gasteiger partial charge in [0.05, 0.1) is 12.5 Å². The number of benzene rings is 1. The van der Waals surface area contributed by atoms with Gasteiger partial charge in [-0.3, -0.25) is 9.69 Å². The van der Waals surface area contributed by atoms with Crippen LogP contribution in [0.2, 0.25) is 0 Å². The molecule has 1 aromatic carbocycles. The maximum absolute atomic E-state index is 12.1. The zero-order valence-corrected chi connectivity index (χ0v) is 14.6. The molecule has 23 heavy (non-hydrogen) atoms. The molecule has 2 unspecified atom stereocenters. The molecule has 0 spiro atoms. The second-order valence-electron chi connectivity index (χ2n) is 7.41. The summed E-state index contributed by atoms with van der Waals surface area (Å²) in [6, 6.07) is 9.33. The van der Waals surface area contributed by atoms with Gasteiger partial charge >= 0.3 is 0 Å². The number of rotatable bonds is 6. The number of aliphatic hydroxyl groups is 1. The van der Waals surface area contributed by atoms with E-state index < -0.39 is 6.10 Å². The van der Waals surface area contributed by atoms with Gasteiger partial charge in [0, 0.05) is 18.6 Å². The largest absolute Gasteiger partial charge is 0.388 e. The third-order valence-electron chi connectivity index (χ3n) is 4.79. The molecule has 1 amide bonds. The number of nitrogens with zero attached hydrogens (tertiary/aromatic N) is 1. The molecule has 2 atom stereocenters. The van der Waals surface area contributed by atoms with Crippen LogP contribution in [-0.4, -0.2) is 41.1 Å². The van der Waals surface area contributed by atoms with E-state index in [2.05, 4.69) is 31.0 Å². The number of nitrogens with one attached hydrogen (secondary N) is 1. The lowest BCUT2D eigenvalue weighted by atomic mass is 9.93. The molecule has 0 radical (unpaired) electrons. The first kappa shape index (κ1) is 18.0. The molecule has 0 aliphatic carbocycles. The normalized spacial score (nSPS) is 21.0. The monoisotopic (exact) mass is 318 g/mol. The lowest BCUT2D eigenvalue weighted by Crippen LogP contribution is -2.54. The molecule has 1 saturated heterocycles. The third kappa shape index (κ3) is 5.33. The topological polar surface area (TPSA) is 52.6 Å². The summed E-state index contributed by atoms with van der Waals surface area (Å²) in [6.45, 7) is 9.45. The van der Waals surface area contributed by atoms with E-state index in [1.165, 1.54) is 12.8 Å². The molecular weight excluding hydrogens is 288 g/mol. The maximum Gasteiger partial charge on any atom is 0.223 e. The molecule has 4 nitrogen and oxygen atoms in total. The number of hydrogen-bond acceptors (Lipinski definition) is 3. The van der Waals surface area contributed by atoms with Gasteiger partial charge in [-0.15, -0.1) is 0 Å². The number of carbonyl (C=O) groups excluding carboxylic acids is 1. The Morgan fingerprint density at radius 1 is 1.39 bits per heavy atom. The predicted molar refractivity (Wildman–Crippen MR) is 93.1 cm³/mol. The quantitative estimate of drug-likeness (QED) is 0.848. The zero-order chi connectivity index (χ0) is 16.9. The average molecular weight is 318 g/mol. The van der Waals surface area contributed by atoms with Crippen molar-refractivity contribution < 1.29 is 9.90 Å². The van der Waals surface area contributed by atoms with Crippen LogP contribution >= 0.6 is 0 Å². The molecule has 1 heterocycles. The van der Waals surface area contributed by atoms with Crippen molar-refractivity contribution in [1.29, 1.82) is 0 Å². The number of amides is 1. The smallest absolute Gasteiger partial charge is 0.223 e. The highest BCUT2D eigenvalue weighted by Crippen LogP contribution is 2.23. The summed E-state index contributed by atoms with van der Waals surface area (Å²) >= 11 is 0. The van der Waals surface area contributed by atoms with E-state index in [4.69, 9.17) is 0 Å². The van der Waals surface area contributed by atoms with Gasteiger partial charge in [0.25, 0.3) is 0 Å². The summed E-state index contributed by atoms with van der Waals surface area (Å²) in [5.41, 5.74) is 0.731. The second-order valence-corrected chi connectivity index (χ2v) is 7.41. The van der Waals surface area contributed by atoms with Crippen molar-refractivity contribution in [2.24, 2.45) is 5.92 Å². The van der Waals surface area contributed by atoms with Gasteiger partial charge in [-0.1, -0.05) is 37.3 Å². The minimum atomic E-state index is -0.741. The summed E-state index contributed by atoms with van der Waals surface area (Å²) < 4.78 is 0. The minimum absolute atomic E-state index is 0.0535. The van der Waals surface area contributed by atoms with Crippen LogP contribution in [0.5, 0.6) is 0 Å². The minimum Gasteiger partial charge on any atom is -0.388 e. The van der Waals surface area contributed by atoms with E-state index in [0.29, 0.717) is 6.54 Å². The number of carbonyl (C=O) groups is 1. The van der Waals surface area contributed by atoms with Gasteiger partial charge in [0.2, 0.25) is 5.91 Å². The van der Waals surface area contributed by atoms with Crippen molar-refractivity contribution in [3.8, 4) is 0 Å². The number of hydrogen-bond donors (Lipinski definition) is 2. The van der Waals surface area contributed by atoms with Crippen LogP contribution in [0.3, 0.4) is 0 Å². The van der Waals surface area contributed by atoms with E-state index in [1.54, 1.807) is 0 Å². The molecular formula is C19H30N2O2. The highest BCUT2D eigenvalue weighted by molar-refractivity contribution is 5.76. The zero-order valence-electron chi connectivity index (χ0n) is 14.6. The van der Waals surface area contributed by atoms with E-state index >= 15 is 0 Å². The Labute approximate surface area is 139 Å². The Morgan fingerprint density at radius 3 is 2.74 bits per heavy atom. The van der Waals surface area contributed by atoms with Crippen molar-refractivity contribution >= 4 is 5.91 Å². The van der Waals surface area contributed by atoms with Crippen LogP contribution in [0.1, 0.15) is 51.7 Å². The van der Waals surface area contributed by atoms with Crippen LogP contribution in [0.4, 0.5) is 0 Å². The van der Waals surface area contributed by atoms with E-state index in [-0.39, 0.29) is 17.9 Å². The summed E-state index contributed by atoms with van der Waals surface area (Å²) in [6.07, 6.45) is 1.89. The van der Waals surface area contributed by atoms with Crippen LogP contribution in [-0.2, 0) is 4.79 Å². The fraction of sp³-hybridized carbons (Fsp3) is 0.632. The van der Waals surface area contributed by atoms with E-state index in [9.17, 15) is 9.90 Å². The highest BCUT2D eigenvalue weighted by Gasteiger charge is 2.30. The first-order valence-corrected chi connectivity index (χ1v) is 8.63. The first-order chi connectivity index (χ1) is 10.9. The van der Waals surface area contributed by atoms with Gasteiger partial charge in [0.15, 0.2) is 0 Å². The summed E-state index contributed by atoms with van der Waals surface area (Å²) in [5, 5.41) is 13.1.